The predicted molar refractivity (Wildman–Crippen MR) is 93.7 cm³/mol. The summed E-state index contributed by atoms with van der Waals surface area (Å²) in [6, 6.07) is 12.4. The first-order valence-electron chi connectivity index (χ1n) is 7.56. The molecule has 1 amide bonds. The molecule has 0 bridgehead atoms. The quantitative estimate of drug-likeness (QED) is 0.699. The van der Waals surface area contributed by atoms with E-state index in [1.807, 2.05) is 24.3 Å². The minimum absolute atomic E-state index is 0.255. The van der Waals surface area contributed by atoms with Crippen LogP contribution in [0.25, 0.3) is 5.69 Å². The van der Waals surface area contributed by atoms with Gasteiger partial charge in [0.1, 0.15) is 11.6 Å². The largest absolute Gasteiger partial charge is 0.350 e. The third kappa shape index (κ3) is 4.51. The third-order valence-corrected chi connectivity index (χ3v) is 4.01. The number of amides is 1. The first-order chi connectivity index (χ1) is 12.0. The van der Waals surface area contributed by atoms with Gasteiger partial charge in [0.15, 0.2) is 5.69 Å². The smallest absolute Gasteiger partial charge is 0.271 e. The van der Waals surface area contributed by atoms with E-state index in [9.17, 15) is 13.6 Å². The number of halogens is 3. The molecule has 3 rings (SSSR count). The van der Waals surface area contributed by atoms with Gasteiger partial charge in [-0.3, -0.25) is 4.79 Å². The molecule has 0 radical (unpaired) electrons. The summed E-state index contributed by atoms with van der Waals surface area (Å²) in [5, 5.41) is 6.93. The van der Waals surface area contributed by atoms with Gasteiger partial charge in [0.05, 0.1) is 5.69 Å². The van der Waals surface area contributed by atoms with E-state index in [0.717, 1.165) is 16.2 Å². The molecule has 25 heavy (non-hydrogen) atoms. The van der Waals surface area contributed by atoms with Gasteiger partial charge in [-0.1, -0.05) is 22.0 Å². The van der Waals surface area contributed by atoms with Crippen LogP contribution >= 0.6 is 15.9 Å². The molecule has 0 unspecified atom stereocenters. The van der Waals surface area contributed by atoms with Crippen molar-refractivity contribution in [1.82, 2.24) is 15.1 Å². The maximum atomic E-state index is 13.1. The van der Waals surface area contributed by atoms with E-state index in [4.69, 9.17) is 0 Å². The fourth-order valence-electron chi connectivity index (χ4n) is 2.37. The fraction of sp³-hybridized carbons (Fsp3) is 0.111. The lowest BCUT2D eigenvalue weighted by Crippen LogP contribution is -2.26. The van der Waals surface area contributed by atoms with E-state index >= 15 is 0 Å². The summed E-state index contributed by atoms with van der Waals surface area (Å²) in [4.78, 5) is 12.1. The summed E-state index contributed by atoms with van der Waals surface area (Å²) < 4.78 is 28.8. The summed E-state index contributed by atoms with van der Waals surface area (Å²) in [5.74, 6) is -1.60. The van der Waals surface area contributed by atoms with Crippen LogP contribution in [0.15, 0.2) is 59.2 Å². The SMILES string of the molecule is O=C(NCCc1cc(F)cc(F)c1)c1ccn(-c2cccc(Br)c2)n1. The van der Waals surface area contributed by atoms with Crippen molar-refractivity contribution < 1.29 is 13.6 Å². The Bertz CT molecular complexity index is 891. The van der Waals surface area contributed by atoms with Crippen LogP contribution in [0.1, 0.15) is 16.1 Å². The predicted octanol–water partition coefficient (Wildman–Crippen LogP) is 3.89. The first kappa shape index (κ1) is 17.3. The summed E-state index contributed by atoms with van der Waals surface area (Å²) >= 11 is 3.39. The van der Waals surface area contributed by atoms with Crippen molar-refractivity contribution in [3.8, 4) is 5.69 Å². The van der Waals surface area contributed by atoms with Gasteiger partial charge >= 0.3 is 0 Å². The van der Waals surface area contributed by atoms with E-state index < -0.39 is 11.6 Å². The molecule has 0 saturated heterocycles. The molecule has 1 N–H and O–H groups in total. The molecule has 2 aromatic carbocycles. The van der Waals surface area contributed by atoms with Crippen LogP contribution in [0.4, 0.5) is 8.78 Å². The summed E-state index contributed by atoms with van der Waals surface area (Å²) in [6.07, 6.45) is 2.02. The van der Waals surface area contributed by atoms with Crippen LogP contribution in [-0.2, 0) is 6.42 Å². The van der Waals surface area contributed by atoms with Crippen LogP contribution in [0.2, 0.25) is 0 Å². The zero-order valence-corrected chi connectivity index (χ0v) is 14.6. The van der Waals surface area contributed by atoms with Crippen molar-refractivity contribution in [2.24, 2.45) is 0 Å². The maximum absolute atomic E-state index is 13.1. The number of nitrogens with one attached hydrogen (secondary N) is 1. The number of hydrogen-bond donors (Lipinski definition) is 1. The average molecular weight is 406 g/mol. The normalized spacial score (nSPS) is 10.7. The summed E-state index contributed by atoms with van der Waals surface area (Å²) in [5.41, 5.74) is 1.58. The zero-order chi connectivity index (χ0) is 17.8. The Kier molecular flexibility index (Phi) is 5.23. The van der Waals surface area contributed by atoms with E-state index in [-0.39, 0.29) is 18.1 Å². The van der Waals surface area contributed by atoms with Gasteiger partial charge in [-0.15, -0.1) is 0 Å². The van der Waals surface area contributed by atoms with Crippen LogP contribution in [-0.4, -0.2) is 22.2 Å². The lowest BCUT2D eigenvalue weighted by atomic mass is 10.1. The molecule has 0 atom stereocenters. The Balaban J connectivity index is 1.60. The highest BCUT2D eigenvalue weighted by molar-refractivity contribution is 9.10. The number of carbonyl (C=O) groups is 1. The fourth-order valence-corrected chi connectivity index (χ4v) is 2.76. The standard InChI is InChI=1S/C18H14BrF2N3O/c19-13-2-1-3-16(10-13)24-7-5-17(23-24)18(25)22-6-4-12-8-14(20)11-15(21)9-12/h1-3,5,7-11H,4,6H2,(H,22,25). The van der Waals surface area contributed by atoms with Gasteiger partial charge in [0.2, 0.25) is 0 Å². The monoisotopic (exact) mass is 405 g/mol. The Morgan fingerprint density at radius 2 is 1.88 bits per heavy atom. The second-order valence-electron chi connectivity index (χ2n) is 5.41. The molecule has 0 aliphatic carbocycles. The lowest BCUT2D eigenvalue weighted by Gasteiger charge is -2.05. The van der Waals surface area contributed by atoms with E-state index in [0.29, 0.717) is 12.0 Å². The summed E-state index contributed by atoms with van der Waals surface area (Å²) in [6.45, 7) is 0.255. The Morgan fingerprint density at radius 3 is 2.60 bits per heavy atom. The highest BCUT2D eigenvalue weighted by Crippen LogP contribution is 2.15. The van der Waals surface area contributed by atoms with Crippen molar-refractivity contribution in [2.75, 3.05) is 6.54 Å². The third-order valence-electron chi connectivity index (χ3n) is 3.52. The van der Waals surface area contributed by atoms with E-state index in [2.05, 4.69) is 26.3 Å². The molecule has 1 heterocycles. The average Bonchev–Trinajstić information content (AvgIpc) is 3.04. The Morgan fingerprint density at radius 1 is 1.12 bits per heavy atom. The molecule has 128 valence electrons. The highest BCUT2D eigenvalue weighted by Gasteiger charge is 2.10. The molecule has 4 nitrogen and oxygen atoms in total. The second-order valence-corrected chi connectivity index (χ2v) is 6.32. The molecule has 1 aromatic heterocycles. The molecule has 0 spiro atoms. The lowest BCUT2D eigenvalue weighted by molar-refractivity contribution is 0.0948. The maximum Gasteiger partial charge on any atom is 0.271 e. The molecule has 0 fully saturated rings. The molecule has 0 saturated carbocycles. The minimum Gasteiger partial charge on any atom is -0.350 e. The van der Waals surface area contributed by atoms with Crippen LogP contribution < -0.4 is 5.32 Å². The minimum atomic E-state index is -0.630. The number of carbonyl (C=O) groups excluding carboxylic acids is 1. The molecule has 0 aliphatic heterocycles. The Hall–Kier alpha value is -2.54. The molecule has 0 aliphatic rings. The van der Waals surface area contributed by atoms with Crippen molar-refractivity contribution in [3.05, 3.63) is 82.1 Å². The number of aromatic nitrogens is 2. The van der Waals surface area contributed by atoms with Crippen LogP contribution in [0.3, 0.4) is 0 Å². The van der Waals surface area contributed by atoms with Gasteiger partial charge in [-0.2, -0.15) is 5.10 Å². The highest BCUT2D eigenvalue weighted by atomic mass is 79.9. The molecule has 7 heteroatoms. The first-order valence-corrected chi connectivity index (χ1v) is 8.35. The van der Waals surface area contributed by atoms with Crippen molar-refractivity contribution >= 4 is 21.8 Å². The number of benzene rings is 2. The van der Waals surface area contributed by atoms with Crippen molar-refractivity contribution in [3.63, 3.8) is 0 Å². The van der Waals surface area contributed by atoms with Crippen LogP contribution in [0, 0.1) is 11.6 Å². The Labute approximate surface area is 151 Å². The number of nitrogens with zero attached hydrogens (tertiary/aromatic N) is 2. The van der Waals surface area contributed by atoms with Gasteiger partial charge in [0.25, 0.3) is 5.91 Å². The van der Waals surface area contributed by atoms with Gasteiger partial charge in [-0.25, -0.2) is 13.5 Å². The molecule has 3 aromatic rings. The van der Waals surface area contributed by atoms with Gasteiger partial charge < -0.3 is 5.32 Å². The number of rotatable bonds is 5. The zero-order valence-electron chi connectivity index (χ0n) is 13.0. The van der Waals surface area contributed by atoms with E-state index in [1.54, 1.807) is 16.9 Å². The van der Waals surface area contributed by atoms with Crippen molar-refractivity contribution in [1.29, 1.82) is 0 Å². The van der Waals surface area contributed by atoms with E-state index in [1.165, 1.54) is 12.1 Å². The second kappa shape index (κ2) is 7.57. The molecular formula is C18H14BrF2N3O. The van der Waals surface area contributed by atoms with Gasteiger partial charge in [0, 0.05) is 23.3 Å². The number of hydrogen-bond acceptors (Lipinski definition) is 2. The topological polar surface area (TPSA) is 46.9 Å². The van der Waals surface area contributed by atoms with Gasteiger partial charge in [-0.05, 0) is 48.4 Å². The summed E-state index contributed by atoms with van der Waals surface area (Å²) in [7, 11) is 0. The molecular weight excluding hydrogens is 392 g/mol. The van der Waals surface area contributed by atoms with Crippen molar-refractivity contribution in [2.45, 2.75) is 6.42 Å². The van der Waals surface area contributed by atoms with Crippen LogP contribution in [0.5, 0.6) is 0 Å².